The molecule has 0 N–H and O–H groups in total. The van der Waals surface area contributed by atoms with Crippen LogP contribution < -0.4 is 9.47 Å². The number of nitrogens with zero attached hydrogens (tertiary/aromatic N) is 1. The van der Waals surface area contributed by atoms with E-state index in [9.17, 15) is 9.59 Å². The molecule has 7 nitrogen and oxygen atoms in total. The van der Waals surface area contributed by atoms with Crippen LogP contribution in [-0.2, 0) is 34.0 Å². The molecule has 3 aromatic carbocycles. The topological polar surface area (TPSA) is 74.3 Å². The van der Waals surface area contributed by atoms with Crippen molar-refractivity contribution in [3.05, 3.63) is 82.4 Å². The normalized spacial score (nSPS) is 10.5. The van der Waals surface area contributed by atoms with Crippen molar-refractivity contribution < 1.29 is 28.5 Å². The molecule has 36 heavy (non-hydrogen) atoms. The van der Waals surface area contributed by atoms with Crippen LogP contribution in [-0.4, -0.2) is 37.7 Å². The van der Waals surface area contributed by atoms with Gasteiger partial charge in [0, 0.05) is 24.1 Å². The predicted molar refractivity (Wildman–Crippen MR) is 138 cm³/mol. The summed E-state index contributed by atoms with van der Waals surface area (Å²) in [6.45, 7) is 3.96. The largest absolute Gasteiger partial charge is 0.493 e. The molecule has 1 amide bonds. The van der Waals surface area contributed by atoms with Crippen LogP contribution in [0.25, 0.3) is 11.1 Å². The zero-order valence-corrected chi connectivity index (χ0v) is 21.6. The summed E-state index contributed by atoms with van der Waals surface area (Å²) in [4.78, 5) is 26.3. The van der Waals surface area contributed by atoms with Gasteiger partial charge in [-0.15, -0.1) is 0 Å². The SMILES string of the molecule is CCN(Cc1c(COC(C)=O)cc(OC)c(OC)c1-c1ccccc1)C(=O)OCc1ccc(Cl)cc1. The fourth-order valence-electron chi connectivity index (χ4n) is 3.80. The number of methoxy groups -OCH3 is 2. The van der Waals surface area contributed by atoms with Crippen molar-refractivity contribution >= 4 is 23.7 Å². The number of hydrogen-bond donors (Lipinski definition) is 0. The van der Waals surface area contributed by atoms with Crippen molar-refractivity contribution in [1.29, 1.82) is 0 Å². The van der Waals surface area contributed by atoms with Crippen molar-refractivity contribution in [2.45, 2.75) is 33.6 Å². The average molecular weight is 512 g/mol. The minimum atomic E-state index is -0.473. The second-order valence-corrected chi connectivity index (χ2v) is 8.40. The number of hydrogen-bond acceptors (Lipinski definition) is 6. The molecule has 8 heteroatoms. The second kappa shape index (κ2) is 12.8. The third-order valence-electron chi connectivity index (χ3n) is 5.63. The second-order valence-electron chi connectivity index (χ2n) is 7.97. The van der Waals surface area contributed by atoms with Crippen molar-refractivity contribution in [3.63, 3.8) is 0 Å². The van der Waals surface area contributed by atoms with Crippen LogP contribution in [0.1, 0.15) is 30.5 Å². The highest BCUT2D eigenvalue weighted by Crippen LogP contribution is 2.43. The quantitative estimate of drug-likeness (QED) is 0.300. The van der Waals surface area contributed by atoms with E-state index in [1.165, 1.54) is 6.92 Å². The summed E-state index contributed by atoms with van der Waals surface area (Å²) >= 11 is 5.94. The molecule has 0 aliphatic rings. The Hall–Kier alpha value is -3.71. The standard InChI is InChI=1S/C28H30ClNO6/c1-5-30(28(32)36-17-20-11-13-23(29)14-12-20)16-24-22(18-35-19(2)31)15-25(33-3)27(34-4)26(24)21-9-7-6-8-10-21/h6-15H,5,16-18H2,1-4H3. The van der Waals surface area contributed by atoms with Crippen molar-refractivity contribution in [2.24, 2.45) is 0 Å². The van der Waals surface area contributed by atoms with Gasteiger partial charge in [-0.3, -0.25) is 4.79 Å². The van der Waals surface area contributed by atoms with E-state index in [2.05, 4.69) is 0 Å². The molecule has 0 aromatic heterocycles. The summed E-state index contributed by atoms with van der Waals surface area (Å²) in [5.41, 5.74) is 3.92. The Balaban J connectivity index is 2.01. The first-order valence-electron chi connectivity index (χ1n) is 11.5. The Morgan fingerprint density at radius 1 is 0.917 bits per heavy atom. The summed E-state index contributed by atoms with van der Waals surface area (Å²) in [6.07, 6.45) is -0.473. The highest BCUT2D eigenvalue weighted by molar-refractivity contribution is 6.30. The first-order chi connectivity index (χ1) is 17.4. The van der Waals surface area contributed by atoms with Gasteiger partial charge < -0.3 is 23.8 Å². The minimum Gasteiger partial charge on any atom is -0.493 e. The zero-order chi connectivity index (χ0) is 26.1. The molecule has 0 unspecified atom stereocenters. The number of esters is 1. The average Bonchev–Trinajstić information content (AvgIpc) is 2.89. The molecular formula is C28H30ClNO6. The summed E-state index contributed by atoms with van der Waals surface area (Å²) in [7, 11) is 3.12. The van der Waals surface area contributed by atoms with Crippen molar-refractivity contribution in [1.82, 2.24) is 4.90 Å². The molecule has 0 fully saturated rings. The van der Waals surface area contributed by atoms with Crippen LogP contribution in [0.2, 0.25) is 5.02 Å². The van der Waals surface area contributed by atoms with Gasteiger partial charge in [0.05, 0.1) is 20.8 Å². The third kappa shape index (κ3) is 6.70. The molecule has 0 atom stereocenters. The number of halogens is 1. The monoisotopic (exact) mass is 511 g/mol. The molecule has 3 rings (SSSR count). The molecule has 3 aromatic rings. The summed E-state index contributed by atoms with van der Waals surface area (Å²) in [5, 5.41) is 0.613. The Kier molecular flexibility index (Phi) is 9.59. The third-order valence-corrected chi connectivity index (χ3v) is 5.88. The van der Waals surface area contributed by atoms with E-state index in [0.717, 1.165) is 22.3 Å². The summed E-state index contributed by atoms with van der Waals surface area (Å²) in [6, 6.07) is 18.5. The lowest BCUT2D eigenvalue weighted by Gasteiger charge is -2.26. The van der Waals surface area contributed by atoms with Gasteiger partial charge in [-0.05, 0) is 47.4 Å². The van der Waals surface area contributed by atoms with Crippen molar-refractivity contribution in [3.8, 4) is 22.6 Å². The fourth-order valence-corrected chi connectivity index (χ4v) is 3.92. The first kappa shape index (κ1) is 26.9. The summed E-state index contributed by atoms with van der Waals surface area (Å²) < 4.78 is 22.3. The first-order valence-corrected chi connectivity index (χ1v) is 11.9. The van der Waals surface area contributed by atoms with Crippen LogP contribution in [0.3, 0.4) is 0 Å². The van der Waals surface area contributed by atoms with E-state index in [-0.39, 0.29) is 19.8 Å². The molecule has 0 aliphatic heterocycles. The van der Waals surface area contributed by atoms with Crippen molar-refractivity contribution in [2.75, 3.05) is 20.8 Å². The van der Waals surface area contributed by atoms with E-state index in [1.807, 2.05) is 49.4 Å². The maximum atomic E-state index is 13.1. The Bertz CT molecular complexity index is 1180. The van der Waals surface area contributed by atoms with Crippen LogP contribution in [0, 0.1) is 0 Å². The van der Waals surface area contributed by atoms with E-state index in [4.69, 9.17) is 30.5 Å². The van der Waals surface area contributed by atoms with Gasteiger partial charge in [0.15, 0.2) is 11.5 Å². The van der Waals surface area contributed by atoms with Crippen LogP contribution in [0.5, 0.6) is 11.5 Å². The number of rotatable bonds is 10. The number of amides is 1. The molecule has 0 bridgehead atoms. The maximum Gasteiger partial charge on any atom is 0.410 e. The van der Waals surface area contributed by atoms with Gasteiger partial charge in [0.2, 0.25) is 0 Å². The lowest BCUT2D eigenvalue weighted by Crippen LogP contribution is -2.31. The molecule has 0 radical (unpaired) electrons. The predicted octanol–water partition coefficient (Wildman–Crippen LogP) is 6.25. The molecule has 190 valence electrons. The highest BCUT2D eigenvalue weighted by atomic mass is 35.5. The van der Waals surface area contributed by atoms with Gasteiger partial charge in [-0.1, -0.05) is 54.1 Å². The molecular weight excluding hydrogens is 482 g/mol. The number of benzene rings is 3. The van der Waals surface area contributed by atoms with Gasteiger partial charge >= 0.3 is 12.1 Å². The molecule has 0 saturated heterocycles. The molecule has 0 aliphatic carbocycles. The Labute approximate surface area is 216 Å². The lowest BCUT2D eigenvalue weighted by molar-refractivity contribution is -0.142. The van der Waals surface area contributed by atoms with Gasteiger partial charge in [-0.2, -0.15) is 0 Å². The smallest absolute Gasteiger partial charge is 0.410 e. The van der Waals surface area contributed by atoms with Gasteiger partial charge in [-0.25, -0.2) is 4.79 Å². The van der Waals surface area contributed by atoms with Crippen LogP contribution >= 0.6 is 11.6 Å². The highest BCUT2D eigenvalue weighted by Gasteiger charge is 2.25. The van der Waals surface area contributed by atoms with E-state index in [0.29, 0.717) is 28.6 Å². The number of carbonyl (C=O) groups is 2. The van der Waals surface area contributed by atoms with E-state index < -0.39 is 12.1 Å². The van der Waals surface area contributed by atoms with E-state index >= 15 is 0 Å². The summed E-state index contributed by atoms with van der Waals surface area (Å²) in [5.74, 6) is 0.609. The minimum absolute atomic E-state index is 0.0161. The van der Waals surface area contributed by atoms with Crippen LogP contribution in [0.15, 0.2) is 60.7 Å². The zero-order valence-electron chi connectivity index (χ0n) is 20.9. The Morgan fingerprint density at radius 3 is 2.19 bits per heavy atom. The number of ether oxygens (including phenoxy) is 4. The van der Waals surface area contributed by atoms with E-state index in [1.54, 1.807) is 37.3 Å². The fraction of sp³-hybridized carbons (Fsp3) is 0.286. The maximum absolute atomic E-state index is 13.1. The van der Waals surface area contributed by atoms with Gasteiger partial charge in [0.25, 0.3) is 0 Å². The molecule has 0 spiro atoms. The molecule has 0 heterocycles. The lowest BCUT2D eigenvalue weighted by atomic mass is 9.93. The number of carbonyl (C=O) groups excluding carboxylic acids is 2. The Morgan fingerprint density at radius 2 is 1.61 bits per heavy atom. The molecule has 0 saturated carbocycles. The van der Waals surface area contributed by atoms with Gasteiger partial charge in [0.1, 0.15) is 13.2 Å². The van der Waals surface area contributed by atoms with Crippen LogP contribution in [0.4, 0.5) is 4.79 Å².